The molecular weight excluding hydrogens is 276 g/mol. The van der Waals surface area contributed by atoms with Crippen molar-refractivity contribution in [3.63, 3.8) is 0 Å². The Morgan fingerprint density at radius 3 is 2.19 bits per heavy atom. The van der Waals surface area contributed by atoms with Gasteiger partial charge in [-0.2, -0.15) is 0 Å². The molecule has 0 aliphatic heterocycles. The van der Waals surface area contributed by atoms with Crippen molar-refractivity contribution in [3.8, 4) is 11.4 Å². The maximum atomic E-state index is 10.9. The van der Waals surface area contributed by atoms with Crippen LogP contribution in [0, 0.1) is 20.2 Å². The van der Waals surface area contributed by atoms with Gasteiger partial charge in [0, 0.05) is 11.6 Å². The minimum Gasteiger partial charge on any atom is -0.338 e. The van der Waals surface area contributed by atoms with Gasteiger partial charge >= 0.3 is 11.4 Å². The predicted molar refractivity (Wildman–Crippen MR) is 74.8 cm³/mol. The summed E-state index contributed by atoms with van der Waals surface area (Å²) in [5.74, 6) is 0.500. The average molecular weight is 284 g/mol. The molecule has 0 radical (unpaired) electrons. The van der Waals surface area contributed by atoms with Crippen molar-refractivity contribution in [1.29, 1.82) is 0 Å². The Morgan fingerprint density at radius 1 is 0.952 bits per heavy atom. The van der Waals surface area contributed by atoms with E-state index in [0.717, 1.165) is 17.7 Å². The summed E-state index contributed by atoms with van der Waals surface area (Å²) in [6.07, 6.45) is 0. The van der Waals surface area contributed by atoms with Crippen molar-refractivity contribution in [2.75, 3.05) is 0 Å². The zero-order valence-electron chi connectivity index (χ0n) is 10.5. The fraction of sp³-hybridized carbons (Fsp3) is 0. The van der Waals surface area contributed by atoms with Gasteiger partial charge in [-0.05, 0) is 0 Å². The van der Waals surface area contributed by atoms with Crippen LogP contribution in [0.2, 0.25) is 0 Å². The zero-order chi connectivity index (χ0) is 15.0. The van der Waals surface area contributed by atoms with Crippen molar-refractivity contribution < 1.29 is 9.85 Å². The first kappa shape index (κ1) is 12.7. The highest BCUT2D eigenvalue weighted by Crippen LogP contribution is 2.32. The molecule has 0 atom stereocenters. The Hall–Kier alpha value is -3.29. The average Bonchev–Trinajstić information content (AvgIpc) is 2.89. The number of nitro groups is 2. The second-order valence-corrected chi connectivity index (χ2v) is 4.32. The van der Waals surface area contributed by atoms with Crippen LogP contribution in [0.15, 0.2) is 42.5 Å². The Bertz CT molecular complexity index is 806. The van der Waals surface area contributed by atoms with Gasteiger partial charge in [-0.1, -0.05) is 30.3 Å². The lowest BCUT2D eigenvalue weighted by Gasteiger charge is -1.94. The van der Waals surface area contributed by atoms with E-state index in [1.54, 1.807) is 0 Å². The molecule has 1 heterocycles. The van der Waals surface area contributed by atoms with Crippen LogP contribution >= 0.6 is 0 Å². The maximum absolute atomic E-state index is 10.9. The summed E-state index contributed by atoms with van der Waals surface area (Å²) in [4.78, 5) is 27.4. The lowest BCUT2D eigenvalue weighted by molar-refractivity contribution is -0.422. The highest BCUT2D eigenvalue weighted by Gasteiger charge is 2.26. The fourth-order valence-corrected chi connectivity index (χ4v) is 2.06. The van der Waals surface area contributed by atoms with Crippen LogP contribution in [0.25, 0.3) is 22.4 Å². The molecule has 0 aliphatic rings. The number of nitrogens with one attached hydrogen (secondary N) is 1. The molecule has 0 saturated heterocycles. The van der Waals surface area contributed by atoms with Crippen molar-refractivity contribution in [1.82, 2.24) is 9.97 Å². The lowest BCUT2D eigenvalue weighted by atomic mass is 10.2. The maximum Gasteiger partial charge on any atom is 0.348 e. The summed E-state index contributed by atoms with van der Waals surface area (Å²) in [6.45, 7) is 0. The Kier molecular flexibility index (Phi) is 2.83. The number of imidazole rings is 1. The normalized spacial score (nSPS) is 10.7. The minimum absolute atomic E-state index is 0.311. The van der Waals surface area contributed by atoms with Crippen LogP contribution < -0.4 is 0 Å². The van der Waals surface area contributed by atoms with E-state index in [1.165, 1.54) is 0 Å². The monoisotopic (exact) mass is 284 g/mol. The number of fused-ring (bicyclic) bond motifs is 1. The van der Waals surface area contributed by atoms with Gasteiger partial charge in [-0.15, -0.1) is 0 Å². The predicted octanol–water partition coefficient (Wildman–Crippen LogP) is 3.05. The topological polar surface area (TPSA) is 115 Å². The summed E-state index contributed by atoms with van der Waals surface area (Å²) >= 11 is 0. The molecule has 0 spiro atoms. The molecule has 1 aromatic heterocycles. The van der Waals surface area contributed by atoms with Crippen LogP contribution in [0.4, 0.5) is 11.4 Å². The third kappa shape index (κ3) is 2.18. The number of benzene rings is 2. The van der Waals surface area contributed by atoms with Gasteiger partial charge in [0.05, 0.1) is 26.9 Å². The summed E-state index contributed by atoms with van der Waals surface area (Å²) in [5.41, 5.74) is 0.352. The molecular formula is C13H8N4O4. The number of nitrogens with zero attached hydrogens (tertiary/aromatic N) is 3. The quantitative estimate of drug-likeness (QED) is 0.586. The van der Waals surface area contributed by atoms with Gasteiger partial charge < -0.3 is 4.98 Å². The highest BCUT2D eigenvalue weighted by atomic mass is 16.6. The Morgan fingerprint density at radius 2 is 1.57 bits per heavy atom. The number of rotatable bonds is 3. The van der Waals surface area contributed by atoms with E-state index in [4.69, 9.17) is 0 Å². The molecule has 3 rings (SSSR count). The molecule has 104 valence electrons. The molecule has 0 aliphatic carbocycles. The summed E-state index contributed by atoms with van der Waals surface area (Å²) < 4.78 is 0. The molecule has 21 heavy (non-hydrogen) atoms. The molecule has 0 unspecified atom stereocenters. The van der Waals surface area contributed by atoms with Crippen molar-refractivity contribution in [2.45, 2.75) is 0 Å². The SMILES string of the molecule is O=[N+]([O-])c1cc2nc(-c3ccccc3)[nH]c2cc1[N+](=O)[O-]. The first-order chi connectivity index (χ1) is 10.1. The fourth-order valence-electron chi connectivity index (χ4n) is 2.06. The van der Waals surface area contributed by atoms with Gasteiger partial charge in [0.2, 0.25) is 0 Å². The number of aromatic amines is 1. The first-order valence-corrected chi connectivity index (χ1v) is 5.94. The van der Waals surface area contributed by atoms with E-state index >= 15 is 0 Å². The molecule has 8 nitrogen and oxygen atoms in total. The number of nitro benzene ring substituents is 2. The first-order valence-electron chi connectivity index (χ1n) is 5.94. The summed E-state index contributed by atoms with van der Waals surface area (Å²) in [7, 11) is 0. The largest absolute Gasteiger partial charge is 0.348 e. The molecule has 0 bridgehead atoms. The van der Waals surface area contributed by atoms with Gasteiger partial charge in [0.25, 0.3) is 0 Å². The van der Waals surface area contributed by atoms with Crippen molar-refractivity contribution in [3.05, 3.63) is 62.7 Å². The van der Waals surface area contributed by atoms with Crippen LogP contribution in [-0.4, -0.2) is 19.8 Å². The van der Waals surface area contributed by atoms with Gasteiger partial charge in [-0.25, -0.2) is 4.98 Å². The second kappa shape index (κ2) is 4.67. The van der Waals surface area contributed by atoms with Crippen LogP contribution in [0.3, 0.4) is 0 Å². The Balaban J connectivity index is 2.23. The van der Waals surface area contributed by atoms with Gasteiger partial charge in [0.1, 0.15) is 5.82 Å². The highest BCUT2D eigenvalue weighted by molar-refractivity contribution is 5.85. The number of H-pyrrole nitrogens is 1. The number of aromatic nitrogens is 2. The van der Waals surface area contributed by atoms with Crippen LogP contribution in [0.5, 0.6) is 0 Å². The molecule has 1 N–H and O–H groups in total. The Labute approximate surface area is 117 Å². The standard InChI is InChI=1S/C13H8N4O4/c18-16(19)11-6-9-10(7-12(11)17(20)21)15-13(14-9)8-4-2-1-3-5-8/h1-7H,(H,14,15). The molecule has 2 aromatic carbocycles. The molecule has 0 amide bonds. The van der Waals surface area contributed by atoms with Gasteiger partial charge in [-0.3, -0.25) is 20.2 Å². The van der Waals surface area contributed by atoms with E-state index in [1.807, 2.05) is 30.3 Å². The third-order valence-electron chi connectivity index (χ3n) is 3.02. The van der Waals surface area contributed by atoms with Crippen LogP contribution in [-0.2, 0) is 0 Å². The smallest absolute Gasteiger partial charge is 0.338 e. The zero-order valence-corrected chi connectivity index (χ0v) is 10.5. The van der Waals surface area contributed by atoms with Crippen molar-refractivity contribution >= 4 is 22.4 Å². The van der Waals surface area contributed by atoms with Gasteiger partial charge in [0.15, 0.2) is 0 Å². The summed E-state index contributed by atoms with van der Waals surface area (Å²) in [6, 6.07) is 11.4. The van der Waals surface area contributed by atoms with E-state index in [-0.39, 0.29) is 0 Å². The van der Waals surface area contributed by atoms with E-state index < -0.39 is 21.2 Å². The molecule has 8 heteroatoms. The number of hydrogen-bond donors (Lipinski definition) is 1. The number of hydrogen-bond acceptors (Lipinski definition) is 5. The third-order valence-corrected chi connectivity index (χ3v) is 3.02. The molecule has 0 fully saturated rings. The van der Waals surface area contributed by atoms with Crippen molar-refractivity contribution in [2.24, 2.45) is 0 Å². The summed E-state index contributed by atoms with van der Waals surface area (Å²) in [5, 5.41) is 21.8. The van der Waals surface area contributed by atoms with Crippen LogP contribution in [0.1, 0.15) is 0 Å². The molecule has 0 saturated carbocycles. The van der Waals surface area contributed by atoms with E-state index in [9.17, 15) is 20.2 Å². The molecule has 3 aromatic rings. The lowest BCUT2D eigenvalue weighted by Crippen LogP contribution is -1.96. The second-order valence-electron chi connectivity index (χ2n) is 4.32. The van der Waals surface area contributed by atoms with E-state index in [0.29, 0.717) is 16.9 Å². The minimum atomic E-state index is -0.783. The van der Waals surface area contributed by atoms with E-state index in [2.05, 4.69) is 9.97 Å².